The van der Waals surface area contributed by atoms with Gasteiger partial charge in [-0.2, -0.15) is 0 Å². The SMILES string of the molecule is Cc1cc(C)cc(NC(=O)C2[C@H]3CC[C@@H]4[C@@H](CC[C@@H]23)C4(Cl)Cl)c1. The van der Waals surface area contributed by atoms with Crippen molar-refractivity contribution in [2.75, 3.05) is 5.32 Å². The predicted molar refractivity (Wildman–Crippen MR) is 94.9 cm³/mol. The van der Waals surface area contributed by atoms with Crippen LogP contribution in [0.15, 0.2) is 18.2 Å². The van der Waals surface area contributed by atoms with Gasteiger partial charge in [-0.25, -0.2) is 0 Å². The monoisotopic (exact) mass is 351 g/mol. The number of hydrogen-bond donors (Lipinski definition) is 1. The van der Waals surface area contributed by atoms with Crippen molar-refractivity contribution >= 4 is 34.8 Å². The molecule has 1 unspecified atom stereocenters. The van der Waals surface area contributed by atoms with E-state index in [0.717, 1.165) is 31.4 Å². The van der Waals surface area contributed by atoms with E-state index in [0.29, 0.717) is 23.7 Å². The zero-order chi connectivity index (χ0) is 16.4. The number of nitrogens with one attached hydrogen (secondary N) is 1. The second-order valence-corrected chi connectivity index (χ2v) is 9.21. The van der Waals surface area contributed by atoms with Gasteiger partial charge in [0.25, 0.3) is 0 Å². The first-order valence-electron chi connectivity index (χ1n) is 8.65. The average Bonchev–Trinajstić information content (AvgIpc) is 3.22. The third-order valence-corrected chi connectivity index (χ3v) is 7.23. The average molecular weight is 352 g/mol. The summed E-state index contributed by atoms with van der Waals surface area (Å²) in [6.45, 7) is 4.12. The molecule has 5 atom stereocenters. The number of alkyl halides is 2. The van der Waals surface area contributed by atoms with E-state index in [1.54, 1.807) is 0 Å². The van der Waals surface area contributed by atoms with Gasteiger partial charge in [0.1, 0.15) is 4.33 Å². The summed E-state index contributed by atoms with van der Waals surface area (Å²) in [5, 5.41) is 3.13. The first-order chi connectivity index (χ1) is 10.9. The van der Waals surface area contributed by atoms with Gasteiger partial charge in [0.2, 0.25) is 5.91 Å². The highest BCUT2D eigenvalue weighted by atomic mass is 35.5. The van der Waals surface area contributed by atoms with Gasteiger partial charge in [-0.3, -0.25) is 4.79 Å². The molecule has 0 spiro atoms. The minimum absolute atomic E-state index is 0.188. The fourth-order valence-corrected chi connectivity index (χ4v) is 5.80. The molecule has 0 radical (unpaired) electrons. The Hall–Kier alpha value is -0.730. The van der Waals surface area contributed by atoms with Crippen molar-refractivity contribution in [2.24, 2.45) is 29.6 Å². The van der Waals surface area contributed by atoms with Crippen LogP contribution in [0.5, 0.6) is 0 Å². The number of benzene rings is 1. The maximum Gasteiger partial charge on any atom is 0.228 e. The van der Waals surface area contributed by atoms with E-state index >= 15 is 0 Å². The standard InChI is InChI=1S/C19H23Cl2NO/c1-10-7-11(2)9-12(8-10)22-18(23)17-13-3-5-15-16(19(15,20)21)6-4-14(13)17/h7-9,13-17H,3-6H2,1-2H3,(H,22,23)/t13-,14+,15-,16-,17?/m1/s1. The van der Waals surface area contributed by atoms with E-state index in [1.165, 1.54) is 11.1 Å². The first-order valence-corrected chi connectivity index (χ1v) is 9.40. The van der Waals surface area contributed by atoms with Crippen LogP contribution in [-0.2, 0) is 4.79 Å². The van der Waals surface area contributed by atoms with Crippen molar-refractivity contribution in [1.29, 1.82) is 0 Å². The zero-order valence-electron chi connectivity index (χ0n) is 13.6. The van der Waals surface area contributed by atoms with Gasteiger partial charge in [-0.05, 0) is 86.5 Å². The smallest absolute Gasteiger partial charge is 0.228 e. The molecule has 23 heavy (non-hydrogen) atoms. The minimum atomic E-state index is -0.479. The second-order valence-electron chi connectivity index (χ2n) is 7.76. The molecule has 124 valence electrons. The van der Waals surface area contributed by atoms with Crippen molar-refractivity contribution in [1.82, 2.24) is 0 Å². The minimum Gasteiger partial charge on any atom is -0.326 e. The summed E-state index contributed by atoms with van der Waals surface area (Å²) in [5.74, 6) is 2.36. The molecule has 1 aromatic carbocycles. The summed E-state index contributed by atoms with van der Waals surface area (Å²) in [6, 6.07) is 6.21. The topological polar surface area (TPSA) is 29.1 Å². The Balaban J connectivity index is 1.40. The Morgan fingerprint density at radius 2 is 1.52 bits per heavy atom. The first kappa shape index (κ1) is 15.8. The maximum atomic E-state index is 12.6. The van der Waals surface area contributed by atoms with Crippen LogP contribution >= 0.6 is 23.2 Å². The Morgan fingerprint density at radius 3 is 2.04 bits per heavy atom. The molecule has 4 heteroatoms. The molecule has 3 aliphatic rings. The van der Waals surface area contributed by atoms with Crippen molar-refractivity contribution in [3.63, 3.8) is 0 Å². The lowest BCUT2D eigenvalue weighted by atomic mass is 10.0. The van der Waals surface area contributed by atoms with Crippen molar-refractivity contribution in [3.05, 3.63) is 29.3 Å². The molecule has 1 N–H and O–H groups in total. The summed E-state index contributed by atoms with van der Waals surface area (Å²) in [7, 11) is 0. The Labute approximate surface area is 147 Å². The Bertz CT molecular complexity index is 615. The van der Waals surface area contributed by atoms with Crippen LogP contribution in [0, 0.1) is 43.4 Å². The lowest BCUT2D eigenvalue weighted by Crippen LogP contribution is -2.16. The van der Waals surface area contributed by atoms with Gasteiger partial charge in [0.15, 0.2) is 0 Å². The van der Waals surface area contributed by atoms with Crippen LogP contribution < -0.4 is 5.32 Å². The highest BCUT2D eigenvalue weighted by molar-refractivity contribution is 6.51. The highest BCUT2D eigenvalue weighted by Gasteiger charge is 2.65. The number of aryl methyl sites for hydroxylation is 2. The predicted octanol–water partition coefficient (Wildman–Crippen LogP) is 5.10. The number of amides is 1. The summed E-state index contributed by atoms with van der Waals surface area (Å²) >= 11 is 12.7. The van der Waals surface area contributed by atoms with Gasteiger partial charge < -0.3 is 5.32 Å². The molecule has 2 nitrogen and oxygen atoms in total. The second kappa shape index (κ2) is 5.39. The van der Waals surface area contributed by atoms with Crippen LogP contribution in [0.25, 0.3) is 0 Å². The molecular formula is C19H23Cl2NO. The third-order valence-electron chi connectivity index (χ3n) is 6.11. The molecule has 0 aromatic heterocycles. The van der Waals surface area contributed by atoms with Gasteiger partial charge in [0.05, 0.1) is 0 Å². The fraction of sp³-hybridized carbons (Fsp3) is 0.632. The number of fused-ring (bicyclic) bond motifs is 2. The fourth-order valence-electron chi connectivity index (χ4n) is 4.89. The number of anilines is 1. The molecule has 3 aliphatic carbocycles. The summed E-state index contributed by atoms with van der Waals surface area (Å²) < 4.78 is -0.479. The summed E-state index contributed by atoms with van der Waals surface area (Å²) in [6.07, 6.45) is 4.34. The van der Waals surface area contributed by atoms with E-state index in [2.05, 4.69) is 25.2 Å². The van der Waals surface area contributed by atoms with Crippen LogP contribution in [0.2, 0.25) is 0 Å². The Kier molecular flexibility index (Phi) is 3.70. The van der Waals surface area contributed by atoms with Crippen LogP contribution in [0.1, 0.15) is 36.8 Å². The molecule has 4 rings (SSSR count). The molecule has 3 fully saturated rings. The van der Waals surface area contributed by atoms with Crippen LogP contribution in [-0.4, -0.2) is 10.2 Å². The van der Waals surface area contributed by atoms with Crippen molar-refractivity contribution in [3.8, 4) is 0 Å². The zero-order valence-corrected chi connectivity index (χ0v) is 15.1. The normalized spacial score (nSPS) is 37.0. The lowest BCUT2D eigenvalue weighted by molar-refractivity contribution is -0.117. The molecule has 0 bridgehead atoms. The number of carbonyl (C=O) groups excluding carboxylic acids is 1. The van der Waals surface area contributed by atoms with Gasteiger partial charge >= 0.3 is 0 Å². The van der Waals surface area contributed by atoms with Gasteiger partial charge in [-0.1, -0.05) is 6.07 Å². The number of carbonyl (C=O) groups is 1. The number of rotatable bonds is 2. The maximum absolute atomic E-state index is 12.6. The third kappa shape index (κ3) is 2.78. The lowest BCUT2D eigenvalue weighted by Gasteiger charge is -2.07. The van der Waals surface area contributed by atoms with E-state index in [-0.39, 0.29) is 11.8 Å². The molecule has 3 saturated carbocycles. The van der Waals surface area contributed by atoms with Crippen LogP contribution in [0.3, 0.4) is 0 Å². The van der Waals surface area contributed by atoms with E-state index in [4.69, 9.17) is 23.2 Å². The number of hydrogen-bond acceptors (Lipinski definition) is 1. The van der Waals surface area contributed by atoms with Gasteiger partial charge in [0, 0.05) is 11.6 Å². The van der Waals surface area contributed by atoms with Crippen LogP contribution in [0.4, 0.5) is 5.69 Å². The molecular weight excluding hydrogens is 329 g/mol. The molecule has 0 aliphatic heterocycles. The molecule has 0 heterocycles. The van der Waals surface area contributed by atoms with Crippen molar-refractivity contribution in [2.45, 2.75) is 43.9 Å². The summed E-state index contributed by atoms with van der Waals surface area (Å²) in [4.78, 5) is 12.6. The Morgan fingerprint density at radius 1 is 1.00 bits per heavy atom. The van der Waals surface area contributed by atoms with E-state index in [1.807, 2.05) is 12.1 Å². The quantitative estimate of drug-likeness (QED) is 0.738. The molecule has 1 amide bonds. The summed E-state index contributed by atoms with van der Waals surface area (Å²) in [5.41, 5.74) is 3.29. The largest absolute Gasteiger partial charge is 0.326 e. The van der Waals surface area contributed by atoms with Crippen molar-refractivity contribution < 1.29 is 4.79 Å². The molecule has 0 saturated heterocycles. The number of halogens is 2. The van der Waals surface area contributed by atoms with E-state index < -0.39 is 4.33 Å². The highest BCUT2D eigenvalue weighted by Crippen LogP contribution is 2.67. The van der Waals surface area contributed by atoms with Gasteiger partial charge in [-0.15, -0.1) is 23.2 Å². The molecule has 1 aromatic rings. The van der Waals surface area contributed by atoms with E-state index in [9.17, 15) is 4.79 Å².